The summed E-state index contributed by atoms with van der Waals surface area (Å²) in [5.41, 5.74) is 0. The summed E-state index contributed by atoms with van der Waals surface area (Å²) in [5, 5.41) is 0. The maximum absolute atomic E-state index is 2.82. The van der Waals surface area contributed by atoms with Crippen molar-refractivity contribution >= 4 is 0 Å². The van der Waals surface area contributed by atoms with E-state index in [0.29, 0.717) is 0 Å². The van der Waals surface area contributed by atoms with Crippen LogP contribution in [0.15, 0.2) is 12.2 Å². The van der Waals surface area contributed by atoms with Gasteiger partial charge in [-0.15, -0.1) is 0 Å². The summed E-state index contributed by atoms with van der Waals surface area (Å²) < 4.78 is 0. The molecule has 2 aliphatic heterocycles. The summed E-state index contributed by atoms with van der Waals surface area (Å²) in [6, 6.07) is 0.902. The van der Waals surface area contributed by atoms with E-state index in [0.717, 1.165) is 23.8 Å². The standard InChI is InChI=1S/C19H32N2/c1-2-4-10-21(9-3-1)19-7-11-20(12-8-19)15-18-14-16-5-6-17(18)13-16/h5-6,16-19H,1-4,7-15H2/t16-,17-,18+/m0/s1. The molecule has 0 spiro atoms. The first kappa shape index (κ1) is 14.3. The monoisotopic (exact) mass is 288 g/mol. The summed E-state index contributed by atoms with van der Waals surface area (Å²) in [4.78, 5) is 5.61. The first-order valence-corrected chi connectivity index (χ1v) is 9.53. The van der Waals surface area contributed by atoms with Crippen molar-refractivity contribution in [1.82, 2.24) is 9.80 Å². The van der Waals surface area contributed by atoms with Crippen LogP contribution in [0.2, 0.25) is 0 Å². The summed E-state index contributed by atoms with van der Waals surface area (Å²) in [7, 11) is 0. The van der Waals surface area contributed by atoms with E-state index in [1.165, 1.54) is 84.1 Å². The Labute approximate surface area is 130 Å². The fraction of sp³-hybridized carbons (Fsp3) is 0.895. The lowest BCUT2D eigenvalue weighted by molar-refractivity contribution is 0.0980. The summed E-state index contributed by atoms with van der Waals surface area (Å²) in [5.74, 6) is 2.85. The predicted molar refractivity (Wildman–Crippen MR) is 88.3 cm³/mol. The molecule has 0 unspecified atom stereocenters. The van der Waals surface area contributed by atoms with E-state index in [-0.39, 0.29) is 0 Å². The molecule has 0 N–H and O–H groups in total. The third-order valence-electron chi connectivity index (χ3n) is 6.62. The normalized spacial score (nSPS) is 39.0. The molecule has 4 aliphatic rings. The Morgan fingerprint density at radius 3 is 2.19 bits per heavy atom. The number of nitrogens with zero attached hydrogens (tertiary/aromatic N) is 2. The molecule has 2 heterocycles. The molecule has 3 atom stereocenters. The zero-order valence-corrected chi connectivity index (χ0v) is 13.6. The van der Waals surface area contributed by atoms with Crippen LogP contribution in [0.3, 0.4) is 0 Å². The highest BCUT2D eigenvalue weighted by atomic mass is 15.2. The Morgan fingerprint density at radius 2 is 1.57 bits per heavy atom. The van der Waals surface area contributed by atoms with Crippen molar-refractivity contribution in [1.29, 1.82) is 0 Å². The third-order valence-corrected chi connectivity index (χ3v) is 6.62. The van der Waals surface area contributed by atoms with Gasteiger partial charge in [-0.1, -0.05) is 25.0 Å². The molecule has 21 heavy (non-hydrogen) atoms. The minimum Gasteiger partial charge on any atom is -0.303 e. The lowest BCUT2D eigenvalue weighted by atomic mass is 9.92. The van der Waals surface area contributed by atoms with Crippen molar-refractivity contribution in [3.63, 3.8) is 0 Å². The second-order valence-corrected chi connectivity index (χ2v) is 8.02. The zero-order valence-electron chi connectivity index (χ0n) is 13.6. The Morgan fingerprint density at radius 1 is 0.810 bits per heavy atom. The summed E-state index contributed by atoms with van der Waals surface area (Å²) in [6.45, 7) is 6.86. The molecule has 0 radical (unpaired) electrons. The lowest BCUT2D eigenvalue weighted by Crippen LogP contribution is -2.46. The van der Waals surface area contributed by atoms with Gasteiger partial charge in [-0.3, -0.25) is 0 Å². The highest BCUT2D eigenvalue weighted by molar-refractivity contribution is 5.10. The van der Waals surface area contributed by atoms with Gasteiger partial charge >= 0.3 is 0 Å². The highest BCUT2D eigenvalue weighted by Crippen LogP contribution is 2.43. The Balaban J connectivity index is 1.24. The molecule has 2 heteroatoms. The van der Waals surface area contributed by atoms with Crippen LogP contribution in [0.25, 0.3) is 0 Å². The van der Waals surface area contributed by atoms with Crippen LogP contribution >= 0.6 is 0 Å². The first-order chi connectivity index (χ1) is 10.4. The third kappa shape index (κ3) is 3.22. The number of rotatable bonds is 3. The SMILES string of the molecule is C1=C[C@H]2C[C@H]1C[C@@H]2CN1CCC(N2CCCCCC2)CC1. The van der Waals surface area contributed by atoms with Gasteiger partial charge in [0.1, 0.15) is 0 Å². The van der Waals surface area contributed by atoms with Gasteiger partial charge in [0.2, 0.25) is 0 Å². The second kappa shape index (κ2) is 6.42. The lowest BCUT2D eigenvalue weighted by Gasteiger charge is -2.39. The van der Waals surface area contributed by atoms with E-state index >= 15 is 0 Å². The maximum Gasteiger partial charge on any atom is 0.0120 e. The molecule has 0 amide bonds. The minimum atomic E-state index is 0.902. The average molecular weight is 288 g/mol. The number of likely N-dealkylation sites (tertiary alicyclic amines) is 2. The zero-order chi connectivity index (χ0) is 14.1. The molecule has 0 aromatic carbocycles. The quantitative estimate of drug-likeness (QED) is 0.733. The Bertz CT molecular complexity index is 362. The van der Waals surface area contributed by atoms with Gasteiger partial charge in [0.25, 0.3) is 0 Å². The fourth-order valence-electron chi connectivity index (χ4n) is 5.36. The van der Waals surface area contributed by atoms with Crippen molar-refractivity contribution in [3.8, 4) is 0 Å². The molecular weight excluding hydrogens is 256 g/mol. The number of hydrogen-bond donors (Lipinski definition) is 0. The number of piperidine rings is 1. The molecule has 4 rings (SSSR count). The van der Waals surface area contributed by atoms with Crippen LogP contribution in [-0.4, -0.2) is 48.6 Å². The molecule has 2 saturated heterocycles. The molecule has 118 valence electrons. The molecule has 0 aromatic rings. The largest absolute Gasteiger partial charge is 0.303 e. The number of allylic oxidation sites excluding steroid dienone is 2. The smallest absolute Gasteiger partial charge is 0.0120 e. The molecule has 2 aliphatic carbocycles. The van der Waals surface area contributed by atoms with E-state index in [9.17, 15) is 0 Å². The maximum atomic E-state index is 2.82. The summed E-state index contributed by atoms with van der Waals surface area (Å²) >= 11 is 0. The summed E-state index contributed by atoms with van der Waals surface area (Å²) in [6.07, 6.45) is 16.6. The fourth-order valence-corrected chi connectivity index (χ4v) is 5.36. The minimum absolute atomic E-state index is 0.902. The van der Waals surface area contributed by atoms with Gasteiger partial charge < -0.3 is 9.80 Å². The van der Waals surface area contributed by atoms with Crippen molar-refractivity contribution in [3.05, 3.63) is 12.2 Å². The van der Waals surface area contributed by atoms with Gasteiger partial charge in [0.05, 0.1) is 0 Å². The molecular formula is C19H32N2. The molecule has 1 saturated carbocycles. The molecule has 0 aromatic heterocycles. The van der Waals surface area contributed by atoms with Gasteiger partial charge in [0, 0.05) is 12.6 Å². The van der Waals surface area contributed by atoms with Crippen LogP contribution in [0.5, 0.6) is 0 Å². The van der Waals surface area contributed by atoms with E-state index in [2.05, 4.69) is 22.0 Å². The van der Waals surface area contributed by atoms with Crippen molar-refractivity contribution in [2.45, 2.75) is 57.4 Å². The van der Waals surface area contributed by atoms with Crippen molar-refractivity contribution in [2.75, 3.05) is 32.7 Å². The average Bonchev–Trinajstić information content (AvgIpc) is 3.02. The van der Waals surface area contributed by atoms with E-state index in [4.69, 9.17) is 0 Å². The van der Waals surface area contributed by atoms with Gasteiger partial charge in [-0.05, 0) is 82.5 Å². The predicted octanol–water partition coefficient (Wildman–Crippen LogP) is 3.54. The van der Waals surface area contributed by atoms with E-state index in [1.807, 2.05) is 0 Å². The van der Waals surface area contributed by atoms with Gasteiger partial charge in [-0.2, -0.15) is 0 Å². The van der Waals surface area contributed by atoms with E-state index in [1.54, 1.807) is 0 Å². The number of fused-ring (bicyclic) bond motifs is 2. The van der Waals surface area contributed by atoms with Crippen LogP contribution < -0.4 is 0 Å². The molecule has 3 fully saturated rings. The van der Waals surface area contributed by atoms with Crippen molar-refractivity contribution in [2.24, 2.45) is 17.8 Å². The highest BCUT2D eigenvalue weighted by Gasteiger charge is 2.37. The van der Waals surface area contributed by atoms with Gasteiger partial charge in [-0.25, -0.2) is 0 Å². The van der Waals surface area contributed by atoms with E-state index < -0.39 is 0 Å². The Kier molecular flexibility index (Phi) is 4.36. The topological polar surface area (TPSA) is 6.48 Å². The van der Waals surface area contributed by atoms with Crippen LogP contribution in [-0.2, 0) is 0 Å². The van der Waals surface area contributed by atoms with Gasteiger partial charge in [0.15, 0.2) is 0 Å². The van der Waals surface area contributed by atoms with Crippen LogP contribution in [0, 0.1) is 17.8 Å². The Hall–Kier alpha value is -0.340. The second-order valence-electron chi connectivity index (χ2n) is 8.02. The molecule has 2 nitrogen and oxygen atoms in total. The van der Waals surface area contributed by atoms with Crippen molar-refractivity contribution < 1.29 is 0 Å². The molecule has 2 bridgehead atoms. The van der Waals surface area contributed by atoms with Crippen LogP contribution in [0.1, 0.15) is 51.4 Å². The van der Waals surface area contributed by atoms with Crippen LogP contribution in [0.4, 0.5) is 0 Å². The first-order valence-electron chi connectivity index (χ1n) is 9.53. The number of hydrogen-bond acceptors (Lipinski definition) is 2.